The highest BCUT2D eigenvalue weighted by Crippen LogP contribution is 2.30. The third-order valence-electron chi connectivity index (χ3n) is 3.38. The number of benzene rings is 2. The third-order valence-corrected chi connectivity index (χ3v) is 3.38. The summed E-state index contributed by atoms with van der Waals surface area (Å²) in [6.07, 6.45) is -2.18. The lowest BCUT2D eigenvalue weighted by Gasteiger charge is -2.11. The van der Waals surface area contributed by atoms with Gasteiger partial charge in [0.2, 0.25) is 0 Å². The Kier molecular flexibility index (Phi) is 5.28. The number of amides is 1. The first-order valence-corrected chi connectivity index (χ1v) is 7.11. The van der Waals surface area contributed by atoms with Gasteiger partial charge in [0.05, 0.1) is 12.7 Å². The van der Waals surface area contributed by atoms with Crippen LogP contribution >= 0.6 is 0 Å². The quantitative estimate of drug-likeness (QED) is 0.805. The van der Waals surface area contributed by atoms with Gasteiger partial charge in [0.25, 0.3) is 5.91 Å². The maximum atomic E-state index is 12.5. The SMILES string of the molecule is C=CCc1cc(C(=O)Nc2ccc(C(F)(F)F)cc2)ccc1OC. The zero-order valence-corrected chi connectivity index (χ0v) is 13.0. The largest absolute Gasteiger partial charge is 0.496 e. The molecule has 6 heteroatoms. The Hall–Kier alpha value is -2.76. The molecule has 0 atom stereocenters. The van der Waals surface area contributed by atoms with Gasteiger partial charge in [0.1, 0.15) is 5.75 Å². The second-order valence-corrected chi connectivity index (χ2v) is 5.05. The zero-order valence-electron chi connectivity index (χ0n) is 13.0. The molecule has 0 aliphatic heterocycles. The highest BCUT2D eigenvalue weighted by Gasteiger charge is 2.30. The van der Waals surface area contributed by atoms with Gasteiger partial charge >= 0.3 is 6.18 Å². The summed E-state index contributed by atoms with van der Waals surface area (Å²) >= 11 is 0. The second kappa shape index (κ2) is 7.21. The number of ether oxygens (including phenoxy) is 1. The van der Waals surface area contributed by atoms with Crippen molar-refractivity contribution >= 4 is 11.6 Å². The number of carbonyl (C=O) groups excluding carboxylic acids is 1. The van der Waals surface area contributed by atoms with Crippen molar-refractivity contribution in [1.82, 2.24) is 0 Å². The van der Waals surface area contributed by atoms with Gasteiger partial charge in [-0.05, 0) is 54.4 Å². The van der Waals surface area contributed by atoms with Gasteiger partial charge in [0.15, 0.2) is 0 Å². The summed E-state index contributed by atoms with van der Waals surface area (Å²) in [6, 6.07) is 9.20. The minimum atomic E-state index is -4.40. The number of hydrogen-bond acceptors (Lipinski definition) is 2. The van der Waals surface area contributed by atoms with Crippen molar-refractivity contribution in [2.24, 2.45) is 0 Å². The number of alkyl halides is 3. The van der Waals surface area contributed by atoms with Crippen LogP contribution in [0.1, 0.15) is 21.5 Å². The molecule has 2 aromatic rings. The topological polar surface area (TPSA) is 38.3 Å². The fourth-order valence-corrected chi connectivity index (χ4v) is 2.18. The smallest absolute Gasteiger partial charge is 0.416 e. The average Bonchev–Trinajstić information content (AvgIpc) is 2.54. The molecular weight excluding hydrogens is 319 g/mol. The van der Waals surface area contributed by atoms with E-state index in [-0.39, 0.29) is 5.69 Å². The normalized spacial score (nSPS) is 11.0. The fourth-order valence-electron chi connectivity index (χ4n) is 2.18. The van der Waals surface area contributed by atoms with Gasteiger partial charge in [-0.1, -0.05) is 6.08 Å². The van der Waals surface area contributed by atoms with Crippen molar-refractivity contribution in [3.63, 3.8) is 0 Å². The predicted octanol–water partition coefficient (Wildman–Crippen LogP) is 4.69. The summed E-state index contributed by atoms with van der Waals surface area (Å²) < 4.78 is 42.8. The number of methoxy groups -OCH3 is 1. The summed E-state index contributed by atoms with van der Waals surface area (Å²) in [5.41, 5.74) is 0.701. The van der Waals surface area contributed by atoms with Crippen LogP contribution in [0.15, 0.2) is 55.1 Å². The van der Waals surface area contributed by atoms with Crippen LogP contribution < -0.4 is 10.1 Å². The first-order valence-electron chi connectivity index (χ1n) is 7.11. The van der Waals surface area contributed by atoms with E-state index < -0.39 is 17.6 Å². The first kappa shape index (κ1) is 17.6. The Bertz CT molecular complexity index is 737. The highest BCUT2D eigenvalue weighted by atomic mass is 19.4. The summed E-state index contributed by atoms with van der Waals surface area (Å²) in [6.45, 7) is 3.65. The van der Waals surface area contributed by atoms with Gasteiger partial charge in [-0.25, -0.2) is 0 Å². The fraction of sp³-hybridized carbons (Fsp3) is 0.167. The molecule has 0 aromatic heterocycles. The van der Waals surface area contributed by atoms with Gasteiger partial charge in [0, 0.05) is 11.3 Å². The molecule has 2 rings (SSSR count). The molecule has 0 fully saturated rings. The number of anilines is 1. The summed E-state index contributed by atoms with van der Waals surface area (Å²) in [7, 11) is 1.53. The molecule has 0 aliphatic rings. The molecule has 0 saturated carbocycles. The van der Waals surface area contributed by atoms with Crippen molar-refractivity contribution in [2.75, 3.05) is 12.4 Å². The number of hydrogen-bond donors (Lipinski definition) is 1. The number of carbonyl (C=O) groups is 1. The molecule has 0 bridgehead atoms. The number of halogens is 3. The molecule has 2 aromatic carbocycles. The van der Waals surface area contributed by atoms with Crippen LogP contribution in [0.2, 0.25) is 0 Å². The lowest BCUT2D eigenvalue weighted by molar-refractivity contribution is -0.137. The molecule has 126 valence electrons. The van der Waals surface area contributed by atoms with Gasteiger partial charge < -0.3 is 10.1 Å². The van der Waals surface area contributed by atoms with Gasteiger partial charge in [-0.15, -0.1) is 6.58 Å². The number of allylic oxidation sites excluding steroid dienone is 1. The number of nitrogens with one attached hydrogen (secondary N) is 1. The van der Waals surface area contributed by atoms with Crippen LogP contribution in [0, 0.1) is 0 Å². The van der Waals surface area contributed by atoms with Crippen molar-refractivity contribution in [1.29, 1.82) is 0 Å². The van der Waals surface area contributed by atoms with Crippen LogP contribution in [0.5, 0.6) is 5.75 Å². The molecule has 1 N–H and O–H groups in total. The Morgan fingerprint density at radius 3 is 2.42 bits per heavy atom. The molecule has 1 amide bonds. The minimum absolute atomic E-state index is 0.286. The van der Waals surface area contributed by atoms with Crippen LogP contribution in [0.25, 0.3) is 0 Å². The predicted molar refractivity (Wildman–Crippen MR) is 86.3 cm³/mol. The zero-order chi connectivity index (χ0) is 17.7. The van der Waals surface area contributed by atoms with Crippen molar-refractivity contribution < 1.29 is 22.7 Å². The van der Waals surface area contributed by atoms with Crippen LogP contribution in [-0.2, 0) is 12.6 Å². The molecule has 0 heterocycles. The monoisotopic (exact) mass is 335 g/mol. The Balaban J connectivity index is 2.17. The van der Waals surface area contributed by atoms with E-state index in [1.807, 2.05) is 0 Å². The van der Waals surface area contributed by atoms with E-state index in [2.05, 4.69) is 11.9 Å². The van der Waals surface area contributed by atoms with Crippen molar-refractivity contribution in [2.45, 2.75) is 12.6 Å². The lowest BCUT2D eigenvalue weighted by atomic mass is 10.1. The Labute approximate surface area is 137 Å². The lowest BCUT2D eigenvalue weighted by Crippen LogP contribution is -2.13. The van der Waals surface area contributed by atoms with Crippen LogP contribution in [0.4, 0.5) is 18.9 Å². The molecule has 0 spiro atoms. The molecule has 0 aliphatic carbocycles. The first-order chi connectivity index (χ1) is 11.3. The molecule has 0 saturated heterocycles. The maximum absolute atomic E-state index is 12.5. The van der Waals surface area contributed by atoms with E-state index in [4.69, 9.17) is 4.74 Å². The van der Waals surface area contributed by atoms with E-state index in [0.717, 1.165) is 17.7 Å². The summed E-state index contributed by atoms with van der Waals surface area (Å²) in [4.78, 5) is 12.3. The molecule has 24 heavy (non-hydrogen) atoms. The second-order valence-electron chi connectivity index (χ2n) is 5.05. The Morgan fingerprint density at radius 2 is 1.88 bits per heavy atom. The van der Waals surface area contributed by atoms with E-state index >= 15 is 0 Å². The van der Waals surface area contributed by atoms with Crippen LogP contribution in [0.3, 0.4) is 0 Å². The van der Waals surface area contributed by atoms with E-state index in [1.54, 1.807) is 24.3 Å². The molecule has 3 nitrogen and oxygen atoms in total. The van der Waals surface area contributed by atoms with Gasteiger partial charge in [-0.3, -0.25) is 4.79 Å². The van der Waals surface area contributed by atoms with Gasteiger partial charge in [-0.2, -0.15) is 13.2 Å². The summed E-state index contributed by atoms with van der Waals surface area (Å²) in [5.74, 6) is 0.226. The molecule has 0 unspecified atom stereocenters. The molecule has 0 radical (unpaired) electrons. The maximum Gasteiger partial charge on any atom is 0.416 e. The average molecular weight is 335 g/mol. The van der Waals surface area contributed by atoms with Crippen molar-refractivity contribution in [3.8, 4) is 5.75 Å². The minimum Gasteiger partial charge on any atom is -0.496 e. The van der Waals surface area contributed by atoms with Crippen LogP contribution in [-0.4, -0.2) is 13.0 Å². The number of rotatable bonds is 5. The molecular formula is C18H16F3NO2. The highest BCUT2D eigenvalue weighted by molar-refractivity contribution is 6.04. The van der Waals surface area contributed by atoms with E-state index in [9.17, 15) is 18.0 Å². The third kappa shape index (κ3) is 4.16. The standard InChI is InChI=1S/C18H16F3NO2/c1-3-4-12-11-13(5-10-16(12)24-2)17(23)22-15-8-6-14(7-9-15)18(19,20)21/h3,5-11H,1,4H2,2H3,(H,22,23). The van der Waals surface area contributed by atoms with E-state index in [1.165, 1.54) is 19.2 Å². The van der Waals surface area contributed by atoms with Crippen molar-refractivity contribution in [3.05, 3.63) is 71.8 Å². The van der Waals surface area contributed by atoms with E-state index in [0.29, 0.717) is 17.7 Å². The summed E-state index contributed by atoms with van der Waals surface area (Å²) in [5, 5.41) is 2.57. The Morgan fingerprint density at radius 1 is 1.21 bits per heavy atom.